The van der Waals surface area contributed by atoms with Crippen molar-refractivity contribution in [1.82, 2.24) is 0 Å². The van der Waals surface area contributed by atoms with Crippen molar-refractivity contribution in [3.8, 4) is 11.5 Å². The van der Waals surface area contributed by atoms with Crippen molar-refractivity contribution in [2.45, 2.75) is 6.04 Å². The Morgan fingerprint density at radius 1 is 1.03 bits per heavy atom. The maximum Gasteiger partial charge on any atom is 0.300 e. The first kappa shape index (κ1) is 18.3. The number of hydrogen-bond acceptors (Lipinski definition) is 6. The number of amides is 1. The molecular weight excluding hydrogens is 410 g/mol. The fourth-order valence-electron chi connectivity index (χ4n) is 3.64. The van der Waals surface area contributed by atoms with E-state index in [1.807, 2.05) is 0 Å². The van der Waals surface area contributed by atoms with E-state index in [0.29, 0.717) is 33.5 Å². The van der Waals surface area contributed by atoms with Gasteiger partial charge in [0.1, 0.15) is 17.6 Å². The monoisotopic (exact) mass is 423 g/mol. The second-order valence-corrected chi connectivity index (χ2v) is 7.17. The molecule has 0 radical (unpaired) electrons. The van der Waals surface area contributed by atoms with E-state index in [9.17, 15) is 14.7 Å². The molecule has 1 unspecified atom stereocenters. The van der Waals surface area contributed by atoms with Crippen LogP contribution >= 0.6 is 11.6 Å². The second kappa shape index (κ2) is 6.96. The molecule has 2 aromatic carbocycles. The first-order valence-corrected chi connectivity index (χ1v) is 9.42. The zero-order chi connectivity index (χ0) is 20.8. The molecule has 0 bridgehead atoms. The van der Waals surface area contributed by atoms with E-state index in [4.69, 9.17) is 25.5 Å². The van der Waals surface area contributed by atoms with E-state index in [1.165, 1.54) is 11.2 Å². The highest BCUT2D eigenvalue weighted by Gasteiger charge is 2.48. The summed E-state index contributed by atoms with van der Waals surface area (Å²) in [6.07, 6.45) is 1.44. The lowest BCUT2D eigenvalue weighted by Gasteiger charge is -2.23. The quantitative estimate of drug-likeness (QED) is 0.384. The number of benzene rings is 2. The number of hydrogen-bond donors (Lipinski definition) is 1. The Bertz CT molecular complexity index is 1200. The predicted molar refractivity (Wildman–Crippen MR) is 108 cm³/mol. The van der Waals surface area contributed by atoms with E-state index in [-0.39, 0.29) is 18.1 Å². The van der Waals surface area contributed by atoms with E-state index >= 15 is 0 Å². The molecule has 0 aliphatic carbocycles. The van der Waals surface area contributed by atoms with Crippen molar-refractivity contribution in [2.24, 2.45) is 0 Å². The van der Waals surface area contributed by atoms with Gasteiger partial charge in [0.15, 0.2) is 11.5 Å². The number of Topliss-reactive ketones (excluding diaryl/α,β-unsaturated/α-hetero) is 1. The maximum atomic E-state index is 13.0. The minimum atomic E-state index is -0.955. The summed E-state index contributed by atoms with van der Waals surface area (Å²) < 4.78 is 16.2. The van der Waals surface area contributed by atoms with Crippen molar-refractivity contribution in [3.63, 3.8) is 0 Å². The number of ketones is 1. The van der Waals surface area contributed by atoms with Gasteiger partial charge in [-0.1, -0.05) is 17.7 Å². The molecule has 1 fully saturated rings. The number of carbonyl (C=O) groups is 2. The number of furan rings is 1. The van der Waals surface area contributed by atoms with Gasteiger partial charge in [0, 0.05) is 16.3 Å². The number of ether oxygens (including phenoxy) is 2. The molecule has 0 spiro atoms. The molecule has 1 atom stereocenters. The molecular formula is C22H14ClNO6. The zero-order valence-corrected chi connectivity index (χ0v) is 16.1. The third kappa shape index (κ3) is 2.83. The Labute approximate surface area is 175 Å². The minimum absolute atomic E-state index is 0.0745. The number of anilines is 1. The van der Waals surface area contributed by atoms with Gasteiger partial charge in [-0.3, -0.25) is 14.5 Å². The summed E-state index contributed by atoms with van der Waals surface area (Å²) >= 11 is 6.10. The maximum absolute atomic E-state index is 13.0. The predicted octanol–water partition coefficient (Wildman–Crippen LogP) is 4.29. The fraction of sp³-hybridized carbons (Fsp3) is 0.0909. The number of halogens is 1. The summed E-state index contributed by atoms with van der Waals surface area (Å²) in [5, 5.41) is 11.4. The fourth-order valence-corrected chi connectivity index (χ4v) is 3.82. The van der Waals surface area contributed by atoms with Crippen LogP contribution < -0.4 is 14.4 Å². The third-order valence-electron chi connectivity index (χ3n) is 4.99. The van der Waals surface area contributed by atoms with E-state index in [0.717, 1.165) is 0 Å². The van der Waals surface area contributed by atoms with Crippen LogP contribution in [0.4, 0.5) is 5.69 Å². The number of nitrogens with zero attached hydrogens (tertiary/aromatic N) is 1. The number of fused-ring (bicyclic) bond motifs is 1. The lowest BCUT2D eigenvalue weighted by atomic mass is 9.99. The molecule has 1 aromatic heterocycles. The summed E-state index contributed by atoms with van der Waals surface area (Å²) in [5.74, 6) is -0.646. The second-order valence-electron chi connectivity index (χ2n) is 6.73. The van der Waals surface area contributed by atoms with Gasteiger partial charge in [-0.15, -0.1) is 0 Å². The average molecular weight is 424 g/mol. The van der Waals surface area contributed by atoms with Gasteiger partial charge in [0.2, 0.25) is 6.79 Å². The van der Waals surface area contributed by atoms with Crippen LogP contribution in [-0.2, 0) is 9.59 Å². The Morgan fingerprint density at radius 2 is 1.87 bits per heavy atom. The molecule has 8 heteroatoms. The van der Waals surface area contributed by atoms with Crippen LogP contribution in [0.3, 0.4) is 0 Å². The Morgan fingerprint density at radius 3 is 2.63 bits per heavy atom. The Balaban J connectivity index is 1.69. The molecule has 1 amide bonds. The smallest absolute Gasteiger partial charge is 0.300 e. The van der Waals surface area contributed by atoms with Gasteiger partial charge in [-0.25, -0.2) is 0 Å². The number of aliphatic hydroxyl groups excluding tert-OH is 1. The molecule has 1 saturated heterocycles. The number of carbonyl (C=O) groups excluding carboxylic acids is 2. The topological polar surface area (TPSA) is 89.2 Å². The van der Waals surface area contributed by atoms with Crippen molar-refractivity contribution >= 4 is 34.7 Å². The molecule has 150 valence electrons. The first-order valence-electron chi connectivity index (χ1n) is 9.04. The summed E-state index contributed by atoms with van der Waals surface area (Å²) in [4.78, 5) is 27.2. The van der Waals surface area contributed by atoms with Gasteiger partial charge in [-0.05, 0) is 48.5 Å². The van der Waals surface area contributed by atoms with Crippen LogP contribution in [0.5, 0.6) is 11.5 Å². The number of rotatable bonds is 3. The molecule has 3 aromatic rings. The third-order valence-corrected chi connectivity index (χ3v) is 5.22. The summed E-state index contributed by atoms with van der Waals surface area (Å²) in [5.41, 5.74) is 0.643. The zero-order valence-electron chi connectivity index (χ0n) is 15.4. The summed E-state index contributed by atoms with van der Waals surface area (Å²) in [7, 11) is 0. The standard InChI is InChI=1S/C22H14ClNO6/c23-13-3-1-4-14(10-13)24-19(16-5-2-8-28-16)18(21(26)22(24)27)20(25)12-6-7-15-17(9-12)30-11-29-15/h1-10,19,25H,11H2/b20-18-. The van der Waals surface area contributed by atoms with Crippen molar-refractivity contribution in [2.75, 3.05) is 11.7 Å². The molecule has 0 saturated carbocycles. The van der Waals surface area contributed by atoms with Gasteiger partial charge in [0.25, 0.3) is 11.7 Å². The molecule has 2 aliphatic heterocycles. The van der Waals surface area contributed by atoms with Gasteiger partial charge in [-0.2, -0.15) is 0 Å². The molecule has 30 heavy (non-hydrogen) atoms. The van der Waals surface area contributed by atoms with Crippen LogP contribution in [0.15, 0.2) is 70.9 Å². The first-order chi connectivity index (χ1) is 14.5. The SMILES string of the molecule is O=C1C(=O)N(c2cccc(Cl)c2)C(c2ccco2)/C1=C(/O)c1ccc2c(c1)OCO2. The summed E-state index contributed by atoms with van der Waals surface area (Å²) in [6.45, 7) is 0.0745. The number of aliphatic hydroxyl groups is 1. The van der Waals surface area contributed by atoms with E-state index in [2.05, 4.69) is 0 Å². The molecule has 3 heterocycles. The van der Waals surface area contributed by atoms with Gasteiger partial charge < -0.3 is 19.0 Å². The van der Waals surface area contributed by atoms with Crippen molar-refractivity contribution < 1.29 is 28.6 Å². The normalized spacial score (nSPS) is 19.5. The Kier molecular flexibility index (Phi) is 4.25. The average Bonchev–Trinajstić information content (AvgIpc) is 3.47. The highest BCUT2D eigenvalue weighted by Crippen LogP contribution is 2.43. The lowest BCUT2D eigenvalue weighted by molar-refractivity contribution is -0.132. The highest BCUT2D eigenvalue weighted by molar-refractivity contribution is 6.51. The highest BCUT2D eigenvalue weighted by atomic mass is 35.5. The van der Waals surface area contributed by atoms with Crippen LogP contribution in [0.1, 0.15) is 17.4 Å². The Hall–Kier alpha value is -3.71. The van der Waals surface area contributed by atoms with Crippen molar-refractivity contribution in [1.29, 1.82) is 0 Å². The van der Waals surface area contributed by atoms with E-state index in [1.54, 1.807) is 54.6 Å². The molecule has 1 N–H and O–H groups in total. The molecule has 2 aliphatic rings. The van der Waals surface area contributed by atoms with Crippen LogP contribution in [0.2, 0.25) is 5.02 Å². The minimum Gasteiger partial charge on any atom is -0.507 e. The van der Waals surface area contributed by atoms with Crippen LogP contribution in [0, 0.1) is 0 Å². The lowest BCUT2D eigenvalue weighted by Crippen LogP contribution is -2.29. The molecule has 5 rings (SSSR count). The van der Waals surface area contributed by atoms with E-state index < -0.39 is 17.7 Å². The largest absolute Gasteiger partial charge is 0.507 e. The van der Waals surface area contributed by atoms with Gasteiger partial charge in [0.05, 0.1) is 11.8 Å². The van der Waals surface area contributed by atoms with Crippen LogP contribution in [0.25, 0.3) is 5.76 Å². The van der Waals surface area contributed by atoms with Crippen LogP contribution in [-0.4, -0.2) is 23.6 Å². The summed E-state index contributed by atoms with van der Waals surface area (Å²) in [6, 6.07) is 13.7. The molecule has 7 nitrogen and oxygen atoms in total. The van der Waals surface area contributed by atoms with Crippen molar-refractivity contribution in [3.05, 3.63) is 82.8 Å². The van der Waals surface area contributed by atoms with Gasteiger partial charge >= 0.3 is 0 Å².